The zero-order valence-corrected chi connectivity index (χ0v) is 16.0. The molecule has 0 unspecified atom stereocenters. The van der Waals surface area contributed by atoms with E-state index in [0.29, 0.717) is 5.92 Å². The summed E-state index contributed by atoms with van der Waals surface area (Å²) < 4.78 is 0. The van der Waals surface area contributed by atoms with Crippen molar-refractivity contribution in [3.05, 3.63) is 95.1 Å². The first kappa shape index (κ1) is 17.9. The van der Waals surface area contributed by atoms with Crippen LogP contribution in [0.1, 0.15) is 47.0 Å². The van der Waals surface area contributed by atoms with E-state index in [1.807, 2.05) is 12.3 Å². The summed E-state index contributed by atoms with van der Waals surface area (Å²) in [6.07, 6.45) is 5.30. The Labute approximate surface area is 162 Å². The first-order valence-corrected chi connectivity index (χ1v) is 9.90. The van der Waals surface area contributed by atoms with Gasteiger partial charge in [0, 0.05) is 36.6 Å². The van der Waals surface area contributed by atoms with Crippen LogP contribution in [0.4, 0.5) is 0 Å². The van der Waals surface area contributed by atoms with Crippen LogP contribution < -0.4 is 0 Å². The van der Waals surface area contributed by atoms with Gasteiger partial charge in [0.1, 0.15) is 0 Å². The van der Waals surface area contributed by atoms with E-state index in [2.05, 4.69) is 71.4 Å². The number of nitrogens with zero attached hydrogens (tertiary/aromatic N) is 3. The molecule has 1 atom stereocenters. The number of piperidine rings is 1. The standard InChI is InChI=1S/C24H27N3/c1-19-14-21(15-20-8-3-2-4-9-20)16-24(26-19)22-10-7-13-27(17-22)18-23-11-5-6-12-25-23/h2-6,8-9,11-12,14,16,22H,7,10,13,15,17-18H2,1H3/t22-/m1/s1. The minimum Gasteiger partial charge on any atom is -0.297 e. The molecule has 0 bridgehead atoms. The Balaban J connectivity index is 1.48. The number of aromatic nitrogens is 2. The summed E-state index contributed by atoms with van der Waals surface area (Å²) in [5, 5.41) is 0. The number of aryl methyl sites for hydroxylation is 1. The lowest BCUT2D eigenvalue weighted by atomic mass is 9.92. The van der Waals surface area contributed by atoms with E-state index in [1.165, 1.54) is 29.7 Å². The number of hydrogen-bond acceptors (Lipinski definition) is 3. The number of hydrogen-bond donors (Lipinski definition) is 0. The van der Waals surface area contributed by atoms with Crippen LogP contribution in [0, 0.1) is 6.92 Å². The van der Waals surface area contributed by atoms with Crippen LogP contribution in [0.25, 0.3) is 0 Å². The molecule has 1 saturated heterocycles. The summed E-state index contributed by atoms with van der Waals surface area (Å²) in [6.45, 7) is 5.26. The third kappa shape index (κ3) is 4.81. The maximum Gasteiger partial charge on any atom is 0.0543 e. The second-order valence-electron chi connectivity index (χ2n) is 7.60. The summed E-state index contributed by atoms with van der Waals surface area (Å²) in [4.78, 5) is 11.9. The molecule has 0 radical (unpaired) electrons. The van der Waals surface area contributed by atoms with Gasteiger partial charge in [0.05, 0.1) is 5.69 Å². The van der Waals surface area contributed by atoms with E-state index in [-0.39, 0.29) is 0 Å². The molecule has 0 saturated carbocycles. The Hall–Kier alpha value is -2.52. The predicted molar refractivity (Wildman–Crippen MR) is 110 cm³/mol. The van der Waals surface area contributed by atoms with Gasteiger partial charge in [0.15, 0.2) is 0 Å². The largest absolute Gasteiger partial charge is 0.297 e. The molecule has 3 heterocycles. The molecule has 3 nitrogen and oxygen atoms in total. The van der Waals surface area contributed by atoms with E-state index in [4.69, 9.17) is 4.98 Å². The zero-order valence-electron chi connectivity index (χ0n) is 16.0. The first-order chi connectivity index (χ1) is 13.3. The van der Waals surface area contributed by atoms with Gasteiger partial charge in [0.2, 0.25) is 0 Å². The average molecular weight is 358 g/mol. The van der Waals surface area contributed by atoms with Crippen LogP contribution in [-0.4, -0.2) is 28.0 Å². The van der Waals surface area contributed by atoms with Gasteiger partial charge in [-0.25, -0.2) is 0 Å². The normalized spacial score (nSPS) is 17.7. The average Bonchev–Trinajstić information content (AvgIpc) is 2.69. The topological polar surface area (TPSA) is 29.0 Å². The highest BCUT2D eigenvalue weighted by molar-refractivity contribution is 5.30. The van der Waals surface area contributed by atoms with Gasteiger partial charge in [-0.3, -0.25) is 14.9 Å². The van der Waals surface area contributed by atoms with Gasteiger partial charge in [-0.1, -0.05) is 36.4 Å². The van der Waals surface area contributed by atoms with Gasteiger partial charge < -0.3 is 0 Å². The first-order valence-electron chi connectivity index (χ1n) is 9.90. The van der Waals surface area contributed by atoms with Crippen molar-refractivity contribution >= 4 is 0 Å². The molecular weight excluding hydrogens is 330 g/mol. The third-order valence-corrected chi connectivity index (χ3v) is 5.32. The minimum absolute atomic E-state index is 0.511. The second-order valence-corrected chi connectivity index (χ2v) is 7.60. The van der Waals surface area contributed by atoms with Crippen molar-refractivity contribution in [2.24, 2.45) is 0 Å². The van der Waals surface area contributed by atoms with Gasteiger partial charge >= 0.3 is 0 Å². The second kappa shape index (κ2) is 8.45. The van der Waals surface area contributed by atoms with Crippen molar-refractivity contribution in [1.29, 1.82) is 0 Å². The Morgan fingerprint density at radius 3 is 2.67 bits per heavy atom. The van der Waals surface area contributed by atoms with Crippen molar-refractivity contribution < 1.29 is 0 Å². The summed E-state index contributed by atoms with van der Waals surface area (Å²) in [6, 6.07) is 21.4. The molecule has 2 aromatic heterocycles. The molecule has 138 valence electrons. The highest BCUT2D eigenvalue weighted by Crippen LogP contribution is 2.28. The van der Waals surface area contributed by atoms with E-state index >= 15 is 0 Å². The number of pyridine rings is 2. The number of benzene rings is 1. The van der Waals surface area contributed by atoms with E-state index < -0.39 is 0 Å². The molecule has 0 aliphatic carbocycles. The van der Waals surface area contributed by atoms with Crippen LogP contribution in [-0.2, 0) is 13.0 Å². The molecule has 3 heteroatoms. The Morgan fingerprint density at radius 1 is 1.00 bits per heavy atom. The molecule has 1 aromatic carbocycles. The molecule has 27 heavy (non-hydrogen) atoms. The summed E-state index contributed by atoms with van der Waals surface area (Å²) in [5.74, 6) is 0.511. The lowest BCUT2D eigenvalue weighted by molar-refractivity contribution is 0.196. The van der Waals surface area contributed by atoms with Crippen LogP contribution >= 0.6 is 0 Å². The quantitative estimate of drug-likeness (QED) is 0.659. The maximum atomic E-state index is 4.90. The van der Waals surface area contributed by atoms with Gasteiger partial charge in [-0.15, -0.1) is 0 Å². The lowest BCUT2D eigenvalue weighted by Crippen LogP contribution is -2.34. The highest BCUT2D eigenvalue weighted by atomic mass is 15.1. The fourth-order valence-corrected chi connectivity index (χ4v) is 4.07. The van der Waals surface area contributed by atoms with Gasteiger partial charge in [-0.2, -0.15) is 0 Å². The van der Waals surface area contributed by atoms with Crippen LogP contribution in [0.2, 0.25) is 0 Å². The molecule has 1 aliphatic rings. The van der Waals surface area contributed by atoms with Crippen molar-refractivity contribution in [2.45, 2.75) is 38.6 Å². The molecular formula is C24H27N3. The fraction of sp³-hybridized carbons (Fsp3) is 0.333. The number of likely N-dealkylation sites (tertiary alicyclic amines) is 1. The van der Waals surface area contributed by atoms with Crippen molar-refractivity contribution in [1.82, 2.24) is 14.9 Å². The molecule has 0 N–H and O–H groups in total. The van der Waals surface area contributed by atoms with E-state index in [9.17, 15) is 0 Å². The molecule has 3 aromatic rings. The maximum absolute atomic E-state index is 4.90. The summed E-state index contributed by atoms with van der Waals surface area (Å²) >= 11 is 0. The Kier molecular flexibility index (Phi) is 5.59. The zero-order chi connectivity index (χ0) is 18.5. The smallest absolute Gasteiger partial charge is 0.0543 e. The molecule has 0 amide bonds. The van der Waals surface area contributed by atoms with Gasteiger partial charge in [0.25, 0.3) is 0 Å². The lowest BCUT2D eigenvalue weighted by Gasteiger charge is -2.32. The Morgan fingerprint density at radius 2 is 1.85 bits per heavy atom. The SMILES string of the molecule is Cc1cc(Cc2ccccc2)cc([C@@H]2CCCN(Cc3ccccn3)C2)n1. The van der Waals surface area contributed by atoms with Crippen LogP contribution in [0.15, 0.2) is 66.9 Å². The molecule has 0 spiro atoms. The number of rotatable bonds is 5. The van der Waals surface area contributed by atoms with E-state index in [1.54, 1.807) is 0 Å². The highest BCUT2D eigenvalue weighted by Gasteiger charge is 2.23. The van der Waals surface area contributed by atoms with Gasteiger partial charge in [-0.05, 0) is 68.1 Å². The van der Waals surface area contributed by atoms with Crippen LogP contribution in [0.5, 0.6) is 0 Å². The van der Waals surface area contributed by atoms with E-state index in [0.717, 1.165) is 37.4 Å². The third-order valence-electron chi connectivity index (χ3n) is 5.32. The molecule has 1 fully saturated rings. The fourth-order valence-electron chi connectivity index (χ4n) is 4.07. The predicted octanol–water partition coefficient (Wildman–Crippen LogP) is 4.76. The van der Waals surface area contributed by atoms with Crippen molar-refractivity contribution in [3.8, 4) is 0 Å². The molecule has 1 aliphatic heterocycles. The summed E-state index contributed by atoms with van der Waals surface area (Å²) in [7, 11) is 0. The monoisotopic (exact) mass is 357 g/mol. The summed E-state index contributed by atoms with van der Waals surface area (Å²) in [5.41, 5.74) is 6.26. The molecule has 4 rings (SSSR count). The minimum atomic E-state index is 0.511. The van der Waals surface area contributed by atoms with Crippen LogP contribution in [0.3, 0.4) is 0 Å². The van der Waals surface area contributed by atoms with Crippen molar-refractivity contribution in [3.63, 3.8) is 0 Å². The van der Waals surface area contributed by atoms with Crippen molar-refractivity contribution in [2.75, 3.05) is 13.1 Å². The Bertz CT molecular complexity index is 861.